The van der Waals surface area contributed by atoms with Gasteiger partial charge in [-0.1, -0.05) is 23.9 Å². The number of nitrogens with zero attached hydrogens (tertiary/aromatic N) is 4. The molecule has 3 aromatic rings. The summed E-state index contributed by atoms with van der Waals surface area (Å²) in [5.74, 6) is -1.44. The Balaban J connectivity index is 1.62. The zero-order valence-electron chi connectivity index (χ0n) is 14.6. The SMILES string of the molecule is Cn1c(SCC(=O)N/N=C\c2cc([N+](=O)[O-])c(O)cc2O)nc2ccccc21. The van der Waals surface area contributed by atoms with Crippen molar-refractivity contribution in [1.82, 2.24) is 15.0 Å². The number of phenolic OH excluding ortho intramolecular Hbond substituents is 2. The lowest BCUT2D eigenvalue weighted by molar-refractivity contribution is -0.385. The van der Waals surface area contributed by atoms with Crippen LogP contribution in [0.2, 0.25) is 0 Å². The van der Waals surface area contributed by atoms with Crippen LogP contribution in [0.25, 0.3) is 11.0 Å². The Morgan fingerprint density at radius 1 is 1.36 bits per heavy atom. The van der Waals surface area contributed by atoms with Crippen LogP contribution >= 0.6 is 11.8 Å². The van der Waals surface area contributed by atoms with Crippen LogP contribution in [0.1, 0.15) is 5.56 Å². The molecule has 144 valence electrons. The Morgan fingerprint density at radius 2 is 2.11 bits per heavy atom. The van der Waals surface area contributed by atoms with Crippen LogP contribution in [0.3, 0.4) is 0 Å². The molecule has 0 radical (unpaired) electrons. The molecule has 1 heterocycles. The third kappa shape index (κ3) is 4.04. The fourth-order valence-corrected chi connectivity index (χ4v) is 3.20. The summed E-state index contributed by atoms with van der Waals surface area (Å²) in [6.07, 6.45) is 1.05. The molecule has 0 bridgehead atoms. The van der Waals surface area contributed by atoms with E-state index in [0.717, 1.165) is 29.4 Å². The number of hydrogen-bond acceptors (Lipinski definition) is 8. The number of aromatic hydroxyl groups is 2. The zero-order chi connectivity index (χ0) is 20.3. The number of aromatic nitrogens is 2. The summed E-state index contributed by atoms with van der Waals surface area (Å²) >= 11 is 1.23. The van der Waals surface area contributed by atoms with Gasteiger partial charge in [-0.3, -0.25) is 14.9 Å². The third-order valence-electron chi connectivity index (χ3n) is 3.79. The van der Waals surface area contributed by atoms with E-state index in [1.165, 1.54) is 11.8 Å². The summed E-state index contributed by atoms with van der Waals surface area (Å²) in [7, 11) is 1.86. The van der Waals surface area contributed by atoms with E-state index in [1.807, 2.05) is 35.9 Å². The van der Waals surface area contributed by atoms with Crippen molar-refractivity contribution in [2.24, 2.45) is 12.1 Å². The highest BCUT2D eigenvalue weighted by Crippen LogP contribution is 2.32. The van der Waals surface area contributed by atoms with E-state index in [-0.39, 0.29) is 11.3 Å². The van der Waals surface area contributed by atoms with Gasteiger partial charge in [0, 0.05) is 24.7 Å². The molecule has 3 rings (SSSR count). The molecule has 0 saturated carbocycles. The quantitative estimate of drug-likeness (QED) is 0.248. The number of imidazole rings is 1. The van der Waals surface area contributed by atoms with Crippen LogP contribution in [-0.4, -0.2) is 42.6 Å². The maximum atomic E-state index is 12.0. The number of benzene rings is 2. The van der Waals surface area contributed by atoms with Crippen molar-refractivity contribution in [2.75, 3.05) is 5.75 Å². The summed E-state index contributed by atoms with van der Waals surface area (Å²) in [4.78, 5) is 26.4. The first-order chi connectivity index (χ1) is 13.4. The molecule has 3 N–H and O–H groups in total. The molecule has 0 atom stereocenters. The molecule has 0 spiro atoms. The molecule has 10 nitrogen and oxygen atoms in total. The molecular formula is C17H15N5O5S. The molecule has 0 aliphatic carbocycles. The highest BCUT2D eigenvalue weighted by molar-refractivity contribution is 7.99. The van der Waals surface area contributed by atoms with Crippen molar-refractivity contribution in [1.29, 1.82) is 0 Å². The van der Waals surface area contributed by atoms with Crippen LogP contribution in [0.5, 0.6) is 11.5 Å². The average molecular weight is 401 g/mol. The lowest BCUT2D eigenvalue weighted by Crippen LogP contribution is -2.19. The first-order valence-electron chi connectivity index (χ1n) is 7.93. The van der Waals surface area contributed by atoms with Crippen LogP contribution in [0.4, 0.5) is 5.69 Å². The predicted octanol–water partition coefficient (Wildman–Crippen LogP) is 2.14. The molecule has 11 heteroatoms. The molecule has 0 aliphatic rings. The molecule has 0 unspecified atom stereocenters. The summed E-state index contributed by atoms with van der Waals surface area (Å²) in [6, 6.07) is 9.39. The summed E-state index contributed by atoms with van der Waals surface area (Å²) in [5.41, 5.74) is 3.45. The van der Waals surface area contributed by atoms with E-state index < -0.39 is 28.0 Å². The van der Waals surface area contributed by atoms with Gasteiger partial charge in [-0.2, -0.15) is 5.10 Å². The van der Waals surface area contributed by atoms with Gasteiger partial charge in [0.1, 0.15) is 5.75 Å². The fourth-order valence-electron chi connectivity index (χ4n) is 2.42. The van der Waals surface area contributed by atoms with Gasteiger partial charge in [-0.05, 0) is 12.1 Å². The summed E-state index contributed by atoms with van der Waals surface area (Å²) in [5, 5.41) is 34.3. The van der Waals surface area contributed by atoms with Crippen LogP contribution in [0.15, 0.2) is 46.7 Å². The zero-order valence-corrected chi connectivity index (χ0v) is 15.4. The van der Waals surface area contributed by atoms with Crippen molar-refractivity contribution in [2.45, 2.75) is 5.16 Å². The minimum absolute atomic E-state index is 0.0206. The molecule has 28 heavy (non-hydrogen) atoms. The molecule has 0 aliphatic heterocycles. The highest BCUT2D eigenvalue weighted by atomic mass is 32.2. The number of phenols is 2. The number of carbonyl (C=O) groups is 1. The van der Waals surface area contributed by atoms with Crippen molar-refractivity contribution in [3.63, 3.8) is 0 Å². The molecule has 1 aromatic heterocycles. The monoisotopic (exact) mass is 401 g/mol. The number of hydrazone groups is 1. The lowest BCUT2D eigenvalue weighted by Gasteiger charge is -2.03. The van der Waals surface area contributed by atoms with Gasteiger partial charge in [0.05, 0.1) is 27.9 Å². The second-order valence-corrected chi connectivity index (χ2v) is 6.62. The number of nitro groups is 1. The van der Waals surface area contributed by atoms with Crippen molar-refractivity contribution < 1.29 is 19.9 Å². The van der Waals surface area contributed by atoms with Crippen molar-refractivity contribution in [3.05, 3.63) is 52.1 Å². The fraction of sp³-hybridized carbons (Fsp3) is 0.118. The van der Waals surface area contributed by atoms with Gasteiger partial charge in [0.25, 0.3) is 5.91 Å². The van der Waals surface area contributed by atoms with Gasteiger partial charge in [0.15, 0.2) is 10.9 Å². The minimum Gasteiger partial charge on any atom is -0.507 e. The lowest BCUT2D eigenvalue weighted by atomic mass is 10.2. The van der Waals surface area contributed by atoms with E-state index >= 15 is 0 Å². The van der Waals surface area contributed by atoms with E-state index in [1.54, 1.807) is 0 Å². The van der Waals surface area contributed by atoms with Gasteiger partial charge >= 0.3 is 5.69 Å². The maximum Gasteiger partial charge on any atom is 0.311 e. The first-order valence-corrected chi connectivity index (χ1v) is 8.92. The molecule has 1 amide bonds. The van der Waals surface area contributed by atoms with Crippen molar-refractivity contribution in [3.8, 4) is 11.5 Å². The van der Waals surface area contributed by atoms with E-state index in [4.69, 9.17) is 0 Å². The number of para-hydroxylation sites is 2. The maximum absolute atomic E-state index is 12.0. The topological polar surface area (TPSA) is 143 Å². The Morgan fingerprint density at radius 3 is 2.82 bits per heavy atom. The second kappa shape index (κ2) is 7.96. The largest absolute Gasteiger partial charge is 0.507 e. The normalized spacial score (nSPS) is 11.2. The number of aryl methyl sites for hydroxylation is 1. The molecular weight excluding hydrogens is 386 g/mol. The van der Waals surface area contributed by atoms with Gasteiger partial charge in [-0.25, -0.2) is 10.4 Å². The molecule has 0 fully saturated rings. The number of hydrogen-bond donors (Lipinski definition) is 3. The van der Waals surface area contributed by atoms with Crippen LogP contribution < -0.4 is 5.43 Å². The van der Waals surface area contributed by atoms with E-state index in [0.29, 0.717) is 5.16 Å². The van der Waals surface area contributed by atoms with E-state index in [2.05, 4.69) is 15.5 Å². The van der Waals surface area contributed by atoms with Gasteiger partial charge < -0.3 is 14.8 Å². The smallest absolute Gasteiger partial charge is 0.311 e. The number of amides is 1. The van der Waals surface area contributed by atoms with E-state index in [9.17, 15) is 25.1 Å². The van der Waals surface area contributed by atoms with Crippen LogP contribution in [0, 0.1) is 10.1 Å². The first kappa shape index (κ1) is 19.2. The Hall–Kier alpha value is -3.60. The minimum atomic E-state index is -0.793. The highest BCUT2D eigenvalue weighted by Gasteiger charge is 2.16. The average Bonchev–Trinajstić information content (AvgIpc) is 2.97. The van der Waals surface area contributed by atoms with Crippen LogP contribution in [-0.2, 0) is 11.8 Å². The summed E-state index contributed by atoms with van der Waals surface area (Å²) < 4.78 is 1.88. The standard InChI is InChI=1S/C17H15N5O5S/c1-21-12-5-3-2-4-11(12)19-17(21)28-9-16(25)20-18-8-10-6-13(22(26)27)15(24)7-14(10)23/h2-8,23-24H,9H2,1H3,(H,20,25)/b18-8-. The van der Waals surface area contributed by atoms with Gasteiger partial charge in [-0.15, -0.1) is 0 Å². The number of carbonyl (C=O) groups excluding carboxylic acids is 1. The molecule has 2 aromatic carbocycles. The molecule has 0 saturated heterocycles. The number of fused-ring (bicyclic) bond motifs is 1. The van der Waals surface area contributed by atoms with Crippen molar-refractivity contribution >= 4 is 40.6 Å². The van der Waals surface area contributed by atoms with Gasteiger partial charge in [0.2, 0.25) is 0 Å². The third-order valence-corrected chi connectivity index (χ3v) is 4.82. The second-order valence-electron chi connectivity index (χ2n) is 5.68. The Kier molecular flexibility index (Phi) is 5.45. The predicted molar refractivity (Wildman–Crippen MR) is 104 cm³/mol. The number of rotatable bonds is 6. The number of nitro benzene ring substituents is 1. The number of nitrogens with one attached hydrogen (secondary N) is 1. The Labute approximate surface area is 162 Å². The number of thioether (sulfide) groups is 1. The Bertz CT molecular complexity index is 1090. The summed E-state index contributed by atoms with van der Waals surface area (Å²) in [6.45, 7) is 0.